The van der Waals surface area contributed by atoms with E-state index in [1.54, 1.807) is 6.66 Å². The summed E-state index contributed by atoms with van der Waals surface area (Å²) < 4.78 is 9.73. The molecule has 4 heteroatoms. The normalized spacial score (nSPS) is 15.7. The largest absolute Gasteiger partial charge is 0.393 e. The molecule has 9 heavy (non-hydrogen) atoms. The fraction of sp³-hybridized carbons (Fsp3) is 0.600. The van der Waals surface area contributed by atoms with Gasteiger partial charge in [-0.05, 0) is 18.7 Å². The first-order chi connectivity index (χ1) is 4.12. The van der Waals surface area contributed by atoms with Crippen molar-refractivity contribution >= 4 is 18.3 Å². The summed E-state index contributed by atoms with van der Waals surface area (Å²) in [6.45, 7) is 2.01. The van der Waals surface area contributed by atoms with Crippen molar-refractivity contribution in [3.63, 3.8) is 0 Å². The van der Waals surface area contributed by atoms with Crippen molar-refractivity contribution in [3.05, 3.63) is 0 Å². The zero-order chi connectivity index (χ0) is 7.33. The van der Waals surface area contributed by atoms with E-state index in [0.717, 1.165) is 0 Å². The molecule has 0 rings (SSSR count). The summed E-state index contributed by atoms with van der Waals surface area (Å²) in [5.41, 5.74) is 0. The molecule has 0 saturated carbocycles. The Kier molecular flexibility index (Phi) is 3.88. The average Bonchev–Trinajstić information content (AvgIpc) is 1.64. The molecule has 0 amide bonds. The number of rotatable bonds is 3. The fourth-order valence-electron chi connectivity index (χ4n) is 0.357. The third-order valence-corrected chi connectivity index (χ3v) is 2.29. The van der Waals surface area contributed by atoms with Gasteiger partial charge in [-0.15, -0.1) is 0 Å². The lowest BCUT2D eigenvalue weighted by molar-refractivity contribution is 0.327. The fourth-order valence-corrected chi connectivity index (χ4v) is 1.52. The molecule has 0 aliphatic rings. The Bertz CT molecular complexity index is 161. The molecule has 1 atom stereocenters. The Balaban J connectivity index is 3.75. The summed E-state index contributed by atoms with van der Waals surface area (Å²) in [5.74, 6) is 0. The van der Waals surface area contributed by atoms with Crippen LogP contribution in [0.5, 0.6) is 0 Å². The first-order valence-corrected chi connectivity index (χ1v) is 5.57. The number of hydrogen-bond donors (Lipinski definition) is 0. The number of terminal acetylenes is 1. The highest BCUT2D eigenvalue weighted by Crippen LogP contribution is 2.43. The van der Waals surface area contributed by atoms with Crippen molar-refractivity contribution in [2.75, 3.05) is 13.3 Å². The van der Waals surface area contributed by atoms with Crippen LogP contribution in [0.25, 0.3) is 0 Å². The lowest BCUT2D eigenvalue weighted by atomic mass is 10.9. The third-order valence-electron chi connectivity index (χ3n) is 0.582. The highest BCUT2D eigenvalue weighted by atomic mass is 32.5. The highest BCUT2D eigenvalue weighted by Gasteiger charge is 2.07. The Hall–Kier alpha value is -0.0300. The lowest BCUT2D eigenvalue weighted by Gasteiger charge is -2.11. The molecule has 0 fully saturated rings. The quantitative estimate of drug-likeness (QED) is 0.466. The summed E-state index contributed by atoms with van der Waals surface area (Å²) in [4.78, 5) is 0. The van der Waals surface area contributed by atoms with Crippen LogP contribution in [-0.2, 0) is 20.9 Å². The van der Waals surface area contributed by atoms with Gasteiger partial charge in [0.15, 0.2) is 0 Å². The van der Waals surface area contributed by atoms with E-state index in [-0.39, 0.29) is 0 Å². The van der Waals surface area contributed by atoms with Crippen molar-refractivity contribution < 1.29 is 9.05 Å². The van der Waals surface area contributed by atoms with Crippen LogP contribution < -0.4 is 0 Å². The minimum atomic E-state index is -2.10. The molecule has 0 heterocycles. The lowest BCUT2D eigenvalue weighted by Crippen LogP contribution is -1.87. The van der Waals surface area contributed by atoms with Gasteiger partial charge in [-0.25, -0.2) is 0 Å². The maximum absolute atomic E-state index is 5.03. The van der Waals surface area contributed by atoms with Crippen LogP contribution in [0.4, 0.5) is 0 Å². The molecule has 0 bridgehead atoms. The molecule has 52 valence electrons. The minimum Gasteiger partial charge on any atom is -0.393 e. The Morgan fingerprint density at radius 1 is 1.78 bits per heavy atom. The van der Waals surface area contributed by atoms with Crippen molar-refractivity contribution in [1.29, 1.82) is 0 Å². The third kappa shape index (κ3) is 4.47. The Morgan fingerprint density at radius 2 is 2.33 bits per heavy atom. The van der Waals surface area contributed by atoms with Gasteiger partial charge < -0.3 is 9.05 Å². The second kappa shape index (κ2) is 3.90. The molecule has 0 aromatic heterocycles. The van der Waals surface area contributed by atoms with Gasteiger partial charge in [0, 0.05) is 6.66 Å². The Labute approximate surface area is 60.7 Å². The van der Waals surface area contributed by atoms with Crippen molar-refractivity contribution in [3.8, 4) is 12.5 Å². The molecule has 0 aliphatic carbocycles. The SMILES string of the molecule is C#COP(C)(=S)OCC. The van der Waals surface area contributed by atoms with Crippen LogP contribution in [-0.4, -0.2) is 13.3 Å². The van der Waals surface area contributed by atoms with Gasteiger partial charge >= 0.3 is 0 Å². The van der Waals surface area contributed by atoms with Crippen LogP contribution >= 0.6 is 6.49 Å². The molecule has 0 spiro atoms. The second-order valence-electron chi connectivity index (χ2n) is 1.40. The van der Waals surface area contributed by atoms with Crippen LogP contribution in [0.1, 0.15) is 6.92 Å². The Morgan fingerprint density at radius 3 is 2.67 bits per heavy atom. The zero-order valence-electron chi connectivity index (χ0n) is 5.46. The van der Waals surface area contributed by atoms with Gasteiger partial charge in [-0.2, -0.15) is 0 Å². The predicted molar refractivity (Wildman–Crippen MR) is 41.8 cm³/mol. The van der Waals surface area contributed by atoms with Crippen molar-refractivity contribution in [2.45, 2.75) is 6.92 Å². The van der Waals surface area contributed by atoms with Crippen LogP contribution in [0.2, 0.25) is 0 Å². The van der Waals surface area contributed by atoms with E-state index >= 15 is 0 Å². The monoisotopic (exact) mass is 164 g/mol. The first kappa shape index (κ1) is 8.97. The van der Waals surface area contributed by atoms with E-state index < -0.39 is 6.49 Å². The van der Waals surface area contributed by atoms with Gasteiger partial charge in [0.25, 0.3) is 0 Å². The number of hydrogen-bond acceptors (Lipinski definition) is 3. The van der Waals surface area contributed by atoms with E-state index in [1.807, 2.05) is 13.0 Å². The molecule has 0 radical (unpaired) electrons. The van der Waals surface area contributed by atoms with E-state index in [0.29, 0.717) is 6.61 Å². The maximum atomic E-state index is 5.03. The molecule has 0 saturated heterocycles. The molecular formula is C5H9O2PS. The summed E-state index contributed by atoms with van der Waals surface area (Å²) >= 11 is 4.87. The zero-order valence-corrected chi connectivity index (χ0v) is 7.17. The smallest absolute Gasteiger partial charge is 0.246 e. The van der Waals surface area contributed by atoms with Gasteiger partial charge in [-0.3, -0.25) is 0 Å². The summed E-state index contributed by atoms with van der Waals surface area (Å²) in [7, 11) is 0. The summed E-state index contributed by atoms with van der Waals surface area (Å²) in [6.07, 6.45) is 6.87. The van der Waals surface area contributed by atoms with Crippen molar-refractivity contribution in [1.82, 2.24) is 0 Å². The molecule has 0 aliphatic heterocycles. The maximum Gasteiger partial charge on any atom is 0.246 e. The van der Waals surface area contributed by atoms with Gasteiger partial charge in [-0.1, -0.05) is 6.42 Å². The second-order valence-corrected chi connectivity index (χ2v) is 5.37. The van der Waals surface area contributed by atoms with Gasteiger partial charge in [0.05, 0.1) is 6.61 Å². The molecule has 1 unspecified atom stereocenters. The molecule has 0 aromatic rings. The molecule has 0 N–H and O–H groups in total. The molecule has 2 nitrogen and oxygen atoms in total. The summed E-state index contributed by atoms with van der Waals surface area (Å²) in [5, 5.41) is 0. The van der Waals surface area contributed by atoms with Gasteiger partial charge in [0.1, 0.15) is 6.11 Å². The van der Waals surface area contributed by atoms with Crippen LogP contribution in [0.3, 0.4) is 0 Å². The van der Waals surface area contributed by atoms with E-state index in [4.69, 9.17) is 27.3 Å². The topological polar surface area (TPSA) is 18.5 Å². The average molecular weight is 164 g/mol. The van der Waals surface area contributed by atoms with Gasteiger partial charge in [0.2, 0.25) is 6.49 Å². The van der Waals surface area contributed by atoms with Crippen molar-refractivity contribution in [2.24, 2.45) is 0 Å². The molecular weight excluding hydrogens is 155 g/mol. The van der Waals surface area contributed by atoms with E-state index in [1.165, 1.54) is 0 Å². The van der Waals surface area contributed by atoms with E-state index in [2.05, 4.69) is 0 Å². The van der Waals surface area contributed by atoms with Crippen LogP contribution in [0.15, 0.2) is 0 Å². The summed E-state index contributed by atoms with van der Waals surface area (Å²) in [6, 6.07) is 0. The predicted octanol–water partition coefficient (Wildman–Crippen LogP) is 1.57. The standard InChI is InChI=1S/C5H9O2PS/c1-4-6-8(3,9)7-5-2/h1H,5H2,2-3H3. The minimum absolute atomic E-state index is 0.551. The first-order valence-electron chi connectivity index (χ1n) is 2.48. The van der Waals surface area contributed by atoms with Crippen LogP contribution in [0, 0.1) is 12.5 Å². The highest BCUT2D eigenvalue weighted by molar-refractivity contribution is 8.09. The van der Waals surface area contributed by atoms with E-state index in [9.17, 15) is 0 Å². The molecule has 0 aromatic carbocycles.